The van der Waals surface area contributed by atoms with Gasteiger partial charge < -0.3 is 10.6 Å². The number of allylic oxidation sites excluding steroid dienone is 1. The fourth-order valence-electron chi connectivity index (χ4n) is 2.59. The van der Waals surface area contributed by atoms with Gasteiger partial charge in [-0.05, 0) is 69.2 Å². The Kier molecular flexibility index (Phi) is 5.85. The molecule has 0 spiro atoms. The second-order valence-corrected chi connectivity index (χ2v) is 5.86. The third-order valence-electron chi connectivity index (χ3n) is 4.11. The van der Waals surface area contributed by atoms with Gasteiger partial charge >= 0.3 is 0 Å². The number of hydrogen-bond acceptors (Lipinski definition) is 2. The summed E-state index contributed by atoms with van der Waals surface area (Å²) in [4.78, 5) is 11.8. The van der Waals surface area contributed by atoms with Gasteiger partial charge in [0.05, 0.1) is 6.54 Å². The molecule has 2 rings (SSSR count). The monoisotopic (exact) mass is 286 g/mol. The van der Waals surface area contributed by atoms with E-state index >= 15 is 0 Å². The molecule has 1 aliphatic carbocycles. The molecule has 0 radical (unpaired) electrons. The van der Waals surface area contributed by atoms with Gasteiger partial charge in [-0.15, -0.1) is 0 Å². The highest BCUT2D eigenvalue weighted by Gasteiger charge is 2.05. The van der Waals surface area contributed by atoms with Crippen molar-refractivity contribution in [2.75, 3.05) is 18.4 Å². The van der Waals surface area contributed by atoms with Crippen LogP contribution in [0.2, 0.25) is 0 Å². The van der Waals surface area contributed by atoms with Crippen LogP contribution in [0.4, 0.5) is 5.69 Å². The molecule has 0 saturated carbocycles. The average molecular weight is 286 g/mol. The summed E-state index contributed by atoms with van der Waals surface area (Å²) >= 11 is 0. The lowest BCUT2D eigenvalue weighted by Gasteiger charge is -2.13. The highest BCUT2D eigenvalue weighted by Crippen LogP contribution is 2.19. The van der Waals surface area contributed by atoms with Crippen LogP contribution in [-0.4, -0.2) is 19.0 Å². The van der Waals surface area contributed by atoms with Crippen molar-refractivity contribution in [3.8, 4) is 0 Å². The van der Waals surface area contributed by atoms with Crippen molar-refractivity contribution >= 4 is 11.6 Å². The smallest absolute Gasteiger partial charge is 0.239 e. The van der Waals surface area contributed by atoms with Crippen molar-refractivity contribution in [2.45, 2.75) is 46.0 Å². The lowest BCUT2D eigenvalue weighted by atomic mass is 9.97. The molecule has 21 heavy (non-hydrogen) atoms. The summed E-state index contributed by atoms with van der Waals surface area (Å²) in [6, 6.07) is 6.17. The number of carbonyl (C=O) groups excluding carboxylic acids is 1. The van der Waals surface area contributed by atoms with Crippen LogP contribution >= 0.6 is 0 Å². The average Bonchev–Trinajstić information content (AvgIpc) is 2.49. The SMILES string of the molecule is Cc1ccc(NCC(=O)NCCC2=CCCCC2)cc1C. The molecule has 0 aromatic heterocycles. The van der Waals surface area contributed by atoms with Gasteiger partial charge in [0.25, 0.3) is 0 Å². The van der Waals surface area contributed by atoms with E-state index in [9.17, 15) is 4.79 Å². The van der Waals surface area contributed by atoms with E-state index in [-0.39, 0.29) is 5.91 Å². The molecule has 0 heterocycles. The summed E-state index contributed by atoms with van der Waals surface area (Å²) in [6.45, 7) is 5.26. The normalized spacial score (nSPS) is 14.5. The first-order chi connectivity index (χ1) is 10.1. The summed E-state index contributed by atoms with van der Waals surface area (Å²) in [5.74, 6) is 0.0598. The topological polar surface area (TPSA) is 41.1 Å². The number of nitrogens with one attached hydrogen (secondary N) is 2. The predicted molar refractivity (Wildman–Crippen MR) is 88.6 cm³/mol. The summed E-state index contributed by atoms with van der Waals surface area (Å²) in [5.41, 5.74) is 5.02. The van der Waals surface area contributed by atoms with Crippen molar-refractivity contribution in [1.82, 2.24) is 5.32 Å². The van der Waals surface area contributed by atoms with Gasteiger partial charge in [-0.25, -0.2) is 0 Å². The molecular formula is C18H26N2O. The molecule has 1 amide bonds. The second kappa shape index (κ2) is 7.87. The Hall–Kier alpha value is -1.77. The molecule has 0 aliphatic heterocycles. The molecule has 0 atom stereocenters. The van der Waals surface area contributed by atoms with E-state index in [0.29, 0.717) is 6.54 Å². The van der Waals surface area contributed by atoms with Crippen LogP contribution in [0.3, 0.4) is 0 Å². The summed E-state index contributed by atoms with van der Waals surface area (Å²) in [6.07, 6.45) is 8.36. The Bertz CT molecular complexity index is 520. The third-order valence-corrected chi connectivity index (χ3v) is 4.11. The number of anilines is 1. The van der Waals surface area contributed by atoms with Gasteiger partial charge in [0.2, 0.25) is 5.91 Å². The van der Waals surface area contributed by atoms with Gasteiger partial charge in [-0.1, -0.05) is 17.7 Å². The Labute approximate surface area is 127 Å². The largest absolute Gasteiger partial charge is 0.376 e. The maximum Gasteiger partial charge on any atom is 0.239 e. The van der Waals surface area contributed by atoms with Crippen LogP contribution in [-0.2, 0) is 4.79 Å². The van der Waals surface area contributed by atoms with Gasteiger partial charge in [0.15, 0.2) is 0 Å². The minimum absolute atomic E-state index is 0.0598. The van der Waals surface area contributed by atoms with E-state index < -0.39 is 0 Å². The molecule has 0 bridgehead atoms. The maximum absolute atomic E-state index is 11.8. The zero-order valence-corrected chi connectivity index (χ0v) is 13.2. The van der Waals surface area contributed by atoms with Gasteiger partial charge in [0, 0.05) is 12.2 Å². The summed E-state index contributed by atoms with van der Waals surface area (Å²) in [5, 5.41) is 6.16. The van der Waals surface area contributed by atoms with Crippen LogP contribution in [0.15, 0.2) is 29.8 Å². The second-order valence-electron chi connectivity index (χ2n) is 5.86. The first-order valence-corrected chi connectivity index (χ1v) is 7.91. The van der Waals surface area contributed by atoms with Crippen LogP contribution in [0, 0.1) is 13.8 Å². The Morgan fingerprint density at radius 1 is 1.19 bits per heavy atom. The predicted octanol–water partition coefficient (Wildman–Crippen LogP) is 3.72. The zero-order valence-electron chi connectivity index (χ0n) is 13.2. The molecule has 114 valence electrons. The van der Waals surface area contributed by atoms with Crippen molar-refractivity contribution in [1.29, 1.82) is 0 Å². The highest BCUT2D eigenvalue weighted by molar-refractivity contribution is 5.80. The first kappa shape index (κ1) is 15.6. The number of rotatable bonds is 6. The lowest BCUT2D eigenvalue weighted by Crippen LogP contribution is -2.30. The lowest BCUT2D eigenvalue weighted by molar-refractivity contribution is -0.119. The van der Waals surface area contributed by atoms with Crippen molar-refractivity contribution in [3.63, 3.8) is 0 Å². The minimum Gasteiger partial charge on any atom is -0.376 e. The summed E-state index contributed by atoms with van der Waals surface area (Å²) < 4.78 is 0. The number of hydrogen-bond donors (Lipinski definition) is 2. The van der Waals surface area contributed by atoms with Gasteiger partial charge in [0.1, 0.15) is 0 Å². The fraction of sp³-hybridized carbons (Fsp3) is 0.500. The fourth-order valence-corrected chi connectivity index (χ4v) is 2.59. The molecule has 1 aliphatic rings. The molecule has 2 N–H and O–H groups in total. The molecule has 3 nitrogen and oxygen atoms in total. The van der Waals surface area contributed by atoms with Crippen molar-refractivity contribution in [3.05, 3.63) is 41.0 Å². The van der Waals surface area contributed by atoms with Crippen LogP contribution in [0.1, 0.15) is 43.2 Å². The van der Waals surface area contributed by atoms with Crippen molar-refractivity contribution in [2.24, 2.45) is 0 Å². The Morgan fingerprint density at radius 3 is 2.76 bits per heavy atom. The molecule has 3 heteroatoms. The minimum atomic E-state index is 0.0598. The molecule has 1 aromatic rings. The Morgan fingerprint density at radius 2 is 2.05 bits per heavy atom. The van der Waals surface area contributed by atoms with Crippen LogP contribution in [0.25, 0.3) is 0 Å². The van der Waals surface area contributed by atoms with E-state index in [4.69, 9.17) is 0 Å². The first-order valence-electron chi connectivity index (χ1n) is 7.91. The third kappa shape index (κ3) is 5.25. The maximum atomic E-state index is 11.8. The zero-order chi connectivity index (χ0) is 15.1. The Balaban J connectivity index is 1.67. The molecule has 0 fully saturated rings. The van der Waals surface area contributed by atoms with Crippen LogP contribution < -0.4 is 10.6 Å². The number of benzene rings is 1. The van der Waals surface area contributed by atoms with E-state index in [1.165, 1.54) is 42.4 Å². The van der Waals surface area contributed by atoms with Gasteiger partial charge in [-0.3, -0.25) is 4.79 Å². The highest BCUT2D eigenvalue weighted by atomic mass is 16.1. The van der Waals surface area contributed by atoms with E-state index in [2.05, 4.69) is 42.7 Å². The van der Waals surface area contributed by atoms with Crippen molar-refractivity contribution < 1.29 is 4.79 Å². The molecule has 0 unspecified atom stereocenters. The van der Waals surface area contributed by atoms with Crippen LogP contribution in [0.5, 0.6) is 0 Å². The number of aryl methyl sites for hydroxylation is 2. The number of carbonyl (C=O) groups is 1. The molecule has 1 aromatic carbocycles. The summed E-state index contributed by atoms with van der Waals surface area (Å²) in [7, 11) is 0. The number of amides is 1. The van der Waals surface area contributed by atoms with Gasteiger partial charge in [-0.2, -0.15) is 0 Å². The molecular weight excluding hydrogens is 260 g/mol. The standard InChI is InChI=1S/C18H26N2O/c1-14-8-9-17(12-15(14)2)20-13-18(21)19-11-10-16-6-4-3-5-7-16/h6,8-9,12,20H,3-5,7,10-11,13H2,1-2H3,(H,19,21). The quantitative estimate of drug-likeness (QED) is 0.783. The van der Waals surface area contributed by atoms with E-state index in [1.807, 2.05) is 6.07 Å². The van der Waals surface area contributed by atoms with E-state index in [1.54, 1.807) is 0 Å². The van der Waals surface area contributed by atoms with E-state index in [0.717, 1.165) is 18.7 Å². The molecule has 0 saturated heterocycles.